The van der Waals surface area contributed by atoms with Gasteiger partial charge in [-0.3, -0.25) is 4.98 Å². The number of nitrogens with zero attached hydrogens (tertiary/aromatic N) is 1. The number of rotatable bonds is 3. The topological polar surface area (TPSA) is 73.0 Å². The molecule has 0 aliphatic heterocycles. The lowest BCUT2D eigenvalue weighted by Gasteiger charge is -2.08. The number of halogens is 2. The molecule has 106 valence electrons. The van der Waals surface area contributed by atoms with Crippen LogP contribution in [0.1, 0.15) is 11.1 Å². The first kappa shape index (κ1) is 14.4. The van der Waals surface area contributed by atoms with E-state index < -0.39 is 32.1 Å². The van der Waals surface area contributed by atoms with Gasteiger partial charge in [-0.1, -0.05) is 6.07 Å². The number of hydrogen-bond acceptors (Lipinski definition) is 4. The zero-order valence-electron chi connectivity index (χ0n) is 10.6. The van der Waals surface area contributed by atoms with Crippen LogP contribution in [0.5, 0.6) is 0 Å². The molecule has 0 unspecified atom stereocenters. The molecule has 20 heavy (non-hydrogen) atoms. The van der Waals surface area contributed by atoms with Crippen molar-refractivity contribution < 1.29 is 17.2 Å². The Kier molecular flexibility index (Phi) is 3.71. The van der Waals surface area contributed by atoms with Crippen LogP contribution < -0.4 is 5.73 Å². The standard InChI is InChI=1S/C13H12F2N2O2S/c1-8-2-9(6-17-5-8)7-20(18,19)13-11(14)3-10(16)4-12(13)15/h2-6H,7,16H2,1H3. The van der Waals surface area contributed by atoms with Crippen molar-refractivity contribution in [2.75, 3.05) is 5.73 Å². The van der Waals surface area contributed by atoms with Crippen molar-refractivity contribution >= 4 is 15.5 Å². The Hall–Kier alpha value is -2.02. The molecule has 0 atom stereocenters. The van der Waals surface area contributed by atoms with Gasteiger partial charge in [0.2, 0.25) is 0 Å². The van der Waals surface area contributed by atoms with Gasteiger partial charge in [0, 0.05) is 18.1 Å². The molecule has 2 rings (SSSR count). The van der Waals surface area contributed by atoms with Gasteiger partial charge >= 0.3 is 0 Å². The number of nitrogen functional groups attached to an aromatic ring is 1. The summed E-state index contributed by atoms with van der Waals surface area (Å²) < 4.78 is 51.6. The fourth-order valence-corrected chi connectivity index (χ4v) is 3.32. The predicted molar refractivity (Wildman–Crippen MR) is 70.6 cm³/mol. The second kappa shape index (κ2) is 5.16. The van der Waals surface area contributed by atoms with Crippen LogP contribution in [0.3, 0.4) is 0 Å². The molecule has 1 heterocycles. The highest BCUT2D eigenvalue weighted by Gasteiger charge is 2.25. The normalized spacial score (nSPS) is 11.6. The Balaban J connectivity index is 2.46. The van der Waals surface area contributed by atoms with Crippen molar-refractivity contribution in [2.45, 2.75) is 17.6 Å². The molecule has 2 N–H and O–H groups in total. The molecular weight excluding hydrogens is 286 g/mol. The number of pyridine rings is 1. The highest BCUT2D eigenvalue weighted by molar-refractivity contribution is 7.90. The van der Waals surface area contributed by atoms with E-state index in [9.17, 15) is 17.2 Å². The summed E-state index contributed by atoms with van der Waals surface area (Å²) in [6.07, 6.45) is 2.90. The Bertz CT molecular complexity index is 738. The molecular formula is C13H12F2N2O2S. The van der Waals surface area contributed by atoms with Crippen LogP contribution in [-0.4, -0.2) is 13.4 Å². The average Bonchev–Trinajstić information content (AvgIpc) is 2.25. The Morgan fingerprint density at radius 3 is 2.30 bits per heavy atom. The summed E-state index contributed by atoms with van der Waals surface area (Å²) >= 11 is 0. The van der Waals surface area contributed by atoms with Crippen molar-refractivity contribution in [1.29, 1.82) is 0 Å². The third-order valence-electron chi connectivity index (χ3n) is 2.62. The minimum absolute atomic E-state index is 0.170. The van der Waals surface area contributed by atoms with Gasteiger partial charge in [-0.25, -0.2) is 17.2 Å². The van der Waals surface area contributed by atoms with Gasteiger partial charge in [0.15, 0.2) is 9.84 Å². The largest absolute Gasteiger partial charge is 0.399 e. The highest BCUT2D eigenvalue weighted by Crippen LogP contribution is 2.25. The lowest BCUT2D eigenvalue weighted by Crippen LogP contribution is -2.11. The van der Waals surface area contributed by atoms with Gasteiger partial charge in [0.25, 0.3) is 0 Å². The Morgan fingerprint density at radius 2 is 1.75 bits per heavy atom. The molecule has 0 fully saturated rings. The molecule has 0 bridgehead atoms. The molecule has 1 aromatic heterocycles. The van der Waals surface area contributed by atoms with Gasteiger partial charge in [0.1, 0.15) is 16.5 Å². The number of anilines is 1. The summed E-state index contributed by atoms with van der Waals surface area (Å²) in [6, 6.07) is 3.16. The van der Waals surface area contributed by atoms with E-state index in [-0.39, 0.29) is 5.69 Å². The van der Waals surface area contributed by atoms with Gasteiger partial charge in [-0.05, 0) is 30.2 Å². The van der Waals surface area contributed by atoms with Crippen molar-refractivity contribution in [3.8, 4) is 0 Å². The van der Waals surface area contributed by atoms with Crippen molar-refractivity contribution in [3.63, 3.8) is 0 Å². The minimum Gasteiger partial charge on any atom is -0.399 e. The summed E-state index contributed by atoms with van der Waals surface area (Å²) in [6.45, 7) is 1.74. The molecule has 0 radical (unpaired) electrons. The average molecular weight is 298 g/mol. The molecule has 7 heteroatoms. The number of aromatic nitrogens is 1. The lowest BCUT2D eigenvalue weighted by molar-refractivity contribution is 0.520. The van der Waals surface area contributed by atoms with E-state index in [2.05, 4.69) is 4.98 Å². The number of sulfone groups is 1. The van der Waals surface area contributed by atoms with Crippen LogP contribution in [0.25, 0.3) is 0 Å². The first-order valence-electron chi connectivity index (χ1n) is 5.67. The third kappa shape index (κ3) is 2.93. The van der Waals surface area contributed by atoms with Crippen molar-refractivity contribution in [1.82, 2.24) is 4.98 Å². The smallest absolute Gasteiger partial charge is 0.188 e. The van der Waals surface area contributed by atoms with Gasteiger partial charge in [-0.15, -0.1) is 0 Å². The molecule has 0 saturated carbocycles. The van der Waals surface area contributed by atoms with E-state index in [1.807, 2.05) is 0 Å². The SMILES string of the molecule is Cc1cncc(CS(=O)(=O)c2c(F)cc(N)cc2F)c1. The fraction of sp³-hybridized carbons (Fsp3) is 0.154. The Morgan fingerprint density at radius 1 is 1.15 bits per heavy atom. The molecule has 0 aliphatic rings. The predicted octanol–water partition coefficient (Wildman–Crippen LogP) is 2.22. The van der Waals surface area contributed by atoms with E-state index in [1.165, 1.54) is 6.20 Å². The van der Waals surface area contributed by atoms with E-state index in [0.29, 0.717) is 5.56 Å². The molecule has 2 aromatic rings. The van der Waals surface area contributed by atoms with Crippen LogP contribution in [0.4, 0.5) is 14.5 Å². The highest BCUT2D eigenvalue weighted by atomic mass is 32.2. The fourth-order valence-electron chi connectivity index (χ4n) is 1.86. The molecule has 4 nitrogen and oxygen atoms in total. The summed E-state index contributed by atoms with van der Waals surface area (Å²) in [5.74, 6) is -2.91. The van der Waals surface area contributed by atoms with Crippen molar-refractivity contribution in [3.05, 3.63) is 53.4 Å². The summed E-state index contributed by atoms with van der Waals surface area (Å²) in [4.78, 5) is 2.88. The monoisotopic (exact) mass is 298 g/mol. The second-order valence-electron chi connectivity index (χ2n) is 4.44. The molecule has 0 spiro atoms. The Labute approximate surface area is 115 Å². The van der Waals surface area contributed by atoms with Crippen molar-refractivity contribution in [2.24, 2.45) is 0 Å². The van der Waals surface area contributed by atoms with Crippen LogP contribution >= 0.6 is 0 Å². The first-order chi connectivity index (χ1) is 9.29. The molecule has 0 saturated heterocycles. The maximum absolute atomic E-state index is 13.7. The van der Waals surface area contributed by atoms with Gasteiger partial charge in [0.05, 0.1) is 5.75 Å². The number of aryl methyl sites for hydroxylation is 1. The number of benzene rings is 1. The molecule has 1 aromatic carbocycles. The summed E-state index contributed by atoms with van der Waals surface area (Å²) in [7, 11) is -4.15. The number of nitrogens with two attached hydrogens (primary N) is 1. The van der Waals surface area contributed by atoms with E-state index in [1.54, 1.807) is 19.2 Å². The zero-order chi connectivity index (χ0) is 14.9. The molecule has 0 amide bonds. The quantitative estimate of drug-likeness (QED) is 0.882. The van der Waals surface area contributed by atoms with E-state index in [0.717, 1.165) is 17.7 Å². The van der Waals surface area contributed by atoms with Gasteiger partial charge < -0.3 is 5.73 Å². The number of hydrogen-bond donors (Lipinski definition) is 1. The van der Waals surface area contributed by atoms with Crippen LogP contribution in [0.2, 0.25) is 0 Å². The minimum atomic E-state index is -4.15. The molecule has 0 aliphatic carbocycles. The maximum atomic E-state index is 13.7. The third-order valence-corrected chi connectivity index (χ3v) is 4.35. The first-order valence-corrected chi connectivity index (χ1v) is 7.32. The van der Waals surface area contributed by atoms with E-state index in [4.69, 9.17) is 5.73 Å². The van der Waals surface area contributed by atoms with E-state index >= 15 is 0 Å². The lowest BCUT2D eigenvalue weighted by atomic mass is 10.2. The maximum Gasteiger partial charge on any atom is 0.188 e. The summed E-state index contributed by atoms with van der Waals surface area (Å²) in [5, 5.41) is 0. The van der Waals surface area contributed by atoms with Crippen LogP contribution in [-0.2, 0) is 15.6 Å². The van der Waals surface area contributed by atoms with Crippen LogP contribution in [0.15, 0.2) is 35.5 Å². The second-order valence-corrected chi connectivity index (χ2v) is 6.37. The summed E-state index contributed by atoms with van der Waals surface area (Å²) in [5.41, 5.74) is 6.21. The van der Waals surface area contributed by atoms with Crippen LogP contribution in [0, 0.1) is 18.6 Å². The van der Waals surface area contributed by atoms with Gasteiger partial charge in [-0.2, -0.15) is 0 Å². The zero-order valence-corrected chi connectivity index (χ0v) is 11.4.